The summed E-state index contributed by atoms with van der Waals surface area (Å²) in [6.07, 6.45) is 4.36. The Kier molecular flexibility index (Phi) is 6.04. The quantitative estimate of drug-likeness (QED) is 0.338. The van der Waals surface area contributed by atoms with Crippen LogP contribution in [0.4, 0.5) is 17.1 Å². The normalized spacial score (nSPS) is 14.6. The highest BCUT2D eigenvalue weighted by Crippen LogP contribution is 2.38. The molecule has 1 aliphatic rings. The van der Waals surface area contributed by atoms with Crippen LogP contribution in [0.1, 0.15) is 52.0 Å². The minimum atomic E-state index is 0.385. The van der Waals surface area contributed by atoms with E-state index in [0.717, 1.165) is 71.7 Å². The third-order valence-electron chi connectivity index (χ3n) is 5.27. The van der Waals surface area contributed by atoms with Gasteiger partial charge >= 0.3 is 0 Å². The minimum Gasteiger partial charge on any atom is -0.397 e. The summed E-state index contributed by atoms with van der Waals surface area (Å²) in [5, 5.41) is 15.7. The van der Waals surface area contributed by atoms with Gasteiger partial charge in [-0.15, -0.1) is 0 Å². The Morgan fingerprint density at radius 3 is 2.67 bits per heavy atom. The molecule has 1 aliphatic carbocycles. The predicted molar refractivity (Wildman–Crippen MR) is 118 cm³/mol. The highest BCUT2D eigenvalue weighted by atomic mass is 14.9. The van der Waals surface area contributed by atoms with Gasteiger partial charge in [0.1, 0.15) is 0 Å². The number of nitrogen functional groups attached to an aromatic ring is 1. The number of para-hydroxylation sites is 1. The Labute approximate surface area is 163 Å². The predicted octanol–water partition coefficient (Wildman–Crippen LogP) is 5.75. The van der Waals surface area contributed by atoms with Gasteiger partial charge < -0.3 is 21.8 Å². The third-order valence-corrected chi connectivity index (χ3v) is 5.27. The van der Waals surface area contributed by atoms with E-state index in [2.05, 4.69) is 55.7 Å². The summed E-state index contributed by atoms with van der Waals surface area (Å²) in [5.74, 6) is 0.413. The lowest BCUT2D eigenvalue weighted by Crippen LogP contribution is -2.17. The molecule has 4 nitrogen and oxygen atoms in total. The second-order valence-electron chi connectivity index (χ2n) is 7.60. The Hall–Kier alpha value is -2.49. The summed E-state index contributed by atoms with van der Waals surface area (Å²) in [6, 6.07) is 12.9. The van der Waals surface area contributed by atoms with Crippen molar-refractivity contribution in [2.45, 2.75) is 52.5 Å². The first-order valence-electron chi connectivity index (χ1n) is 10.2. The van der Waals surface area contributed by atoms with Crippen LogP contribution in [0.2, 0.25) is 0 Å². The van der Waals surface area contributed by atoms with E-state index in [-0.39, 0.29) is 0 Å². The lowest BCUT2D eigenvalue weighted by atomic mass is 9.95. The van der Waals surface area contributed by atoms with E-state index in [4.69, 9.17) is 11.1 Å². The van der Waals surface area contributed by atoms with E-state index in [9.17, 15) is 0 Å². The maximum atomic E-state index is 8.67. The average Bonchev–Trinajstić information content (AvgIpc) is 3.52. The van der Waals surface area contributed by atoms with Crippen LogP contribution >= 0.6 is 0 Å². The summed E-state index contributed by atoms with van der Waals surface area (Å²) < 4.78 is 0. The molecule has 5 N–H and O–H groups in total. The maximum absolute atomic E-state index is 8.67. The first-order chi connectivity index (χ1) is 13.0. The van der Waals surface area contributed by atoms with E-state index >= 15 is 0 Å². The second kappa shape index (κ2) is 8.47. The van der Waals surface area contributed by atoms with Crippen LogP contribution in [0.5, 0.6) is 0 Å². The van der Waals surface area contributed by atoms with E-state index in [0.29, 0.717) is 12.0 Å². The molecule has 0 spiro atoms. The fraction of sp³-hybridized carbons (Fsp3) is 0.435. The number of nitrogens with one attached hydrogen (secondary N) is 3. The van der Waals surface area contributed by atoms with Crippen LogP contribution in [0, 0.1) is 11.3 Å². The molecule has 2 aromatic carbocycles. The molecule has 0 radical (unpaired) electrons. The van der Waals surface area contributed by atoms with Crippen LogP contribution in [0.15, 0.2) is 36.4 Å². The largest absolute Gasteiger partial charge is 0.397 e. The molecule has 144 valence electrons. The van der Waals surface area contributed by atoms with Crippen molar-refractivity contribution in [2.75, 3.05) is 22.9 Å². The van der Waals surface area contributed by atoms with Crippen molar-refractivity contribution < 1.29 is 0 Å². The van der Waals surface area contributed by atoms with Gasteiger partial charge in [-0.1, -0.05) is 32.0 Å². The number of benzene rings is 2. The van der Waals surface area contributed by atoms with Gasteiger partial charge in [0, 0.05) is 41.0 Å². The third kappa shape index (κ3) is 4.44. The summed E-state index contributed by atoms with van der Waals surface area (Å²) in [6.45, 7) is 7.40. The summed E-state index contributed by atoms with van der Waals surface area (Å²) in [5.41, 5.74) is 13.1. The van der Waals surface area contributed by atoms with Crippen molar-refractivity contribution >= 4 is 22.8 Å². The van der Waals surface area contributed by atoms with Gasteiger partial charge in [0.05, 0.1) is 11.4 Å². The van der Waals surface area contributed by atoms with E-state index in [1.165, 1.54) is 0 Å². The number of hydrogen-bond acceptors (Lipinski definition) is 4. The molecule has 0 unspecified atom stereocenters. The topological polar surface area (TPSA) is 73.9 Å². The Morgan fingerprint density at radius 1 is 1.22 bits per heavy atom. The van der Waals surface area contributed by atoms with Crippen LogP contribution in [-0.2, 0) is 0 Å². The monoisotopic (exact) mass is 364 g/mol. The summed E-state index contributed by atoms with van der Waals surface area (Å²) in [7, 11) is 0. The van der Waals surface area contributed by atoms with Crippen molar-refractivity contribution in [3.05, 3.63) is 42.0 Å². The zero-order valence-corrected chi connectivity index (χ0v) is 16.7. The van der Waals surface area contributed by atoms with E-state index < -0.39 is 0 Å². The number of hydrogen-bond donors (Lipinski definition) is 4. The molecule has 1 fully saturated rings. The van der Waals surface area contributed by atoms with Crippen molar-refractivity contribution in [1.82, 2.24) is 0 Å². The Balaban J connectivity index is 2.03. The molecular formula is C23H32N4. The first kappa shape index (κ1) is 19.3. The molecule has 0 amide bonds. The minimum absolute atomic E-state index is 0.385. The summed E-state index contributed by atoms with van der Waals surface area (Å²) >= 11 is 0. The number of anilines is 3. The van der Waals surface area contributed by atoms with Crippen molar-refractivity contribution in [3.63, 3.8) is 0 Å². The Bertz CT molecular complexity index is 808. The van der Waals surface area contributed by atoms with Crippen molar-refractivity contribution in [2.24, 2.45) is 5.92 Å². The fourth-order valence-electron chi connectivity index (χ4n) is 3.28. The second-order valence-corrected chi connectivity index (χ2v) is 7.60. The van der Waals surface area contributed by atoms with Crippen LogP contribution in [-0.4, -0.2) is 18.3 Å². The molecule has 3 rings (SSSR count). The lowest BCUT2D eigenvalue weighted by Gasteiger charge is -2.20. The smallest absolute Gasteiger partial charge is 0.0653 e. The number of nitrogens with two attached hydrogens (primary N) is 1. The lowest BCUT2D eigenvalue weighted by molar-refractivity contribution is 0.764. The van der Waals surface area contributed by atoms with Crippen molar-refractivity contribution in [3.8, 4) is 11.1 Å². The zero-order chi connectivity index (χ0) is 19.4. The first-order valence-corrected chi connectivity index (χ1v) is 10.2. The molecule has 0 aliphatic heterocycles. The molecule has 1 saturated carbocycles. The maximum Gasteiger partial charge on any atom is 0.0653 e. The highest BCUT2D eigenvalue weighted by Gasteiger charge is 2.29. The van der Waals surface area contributed by atoms with Gasteiger partial charge in [0.25, 0.3) is 0 Å². The molecule has 2 aromatic rings. The molecule has 1 atom stereocenters. The number of rotatable bonds is 9. The van der Waals surface area contributed by atoms with Crippen LogP contribution in [0.25, 0.3) is 11.1 Å². The molecule has 0 heterocycles. The Morgan fingerprint density at radius 2 is 2.00 bits per heavy atom. The van der Waals surface area contributed by atoms with Gasteiger partial charge in [0.15, 0.2) is 0 Å². The SMILES string of the molecule is CCCNc1c(N)cccc1-c1ccc(N[C@@H](C)CC)c(C(=N)C2CC2)c1. The molecule has 0 saturated heterocycles. The molecular weight excluding hydrogens is 332 g/mol. The molecule has 27 heavy (non-hydrogen) atoms. The van der Waals surface area contributed by atoms with Gasteiger partial charge in [-0.05, 0) is 56.4 Å². The fourth-order valence-corrected chi connectivity index (χ4v) is 3.28. The van der Waals surface area contributed by atoms with Gasteiger partial charge in [-0.2, -0.15) is 0 Å². The van der Waals surface area contributed by atoms with Crippen LogP contribution in [0.3, 0.4) is 0 Å². The molecule has 0 aromatic heterocycles. The van der Waals surface area contributed by atoms with Crippen LogP contribution < -0.4 is 16.4 Å². The highest BCUT2D eigenvalue weighted by molar-refractivity contribution is 6.07. The molecule has 0 bridgehead atoms. The summed E-state index contributed by atoms with van der Waals surface area (Å²) in [4.78, 5) is 0. The van der Waals surface area contributed by atoms with Gasteiger partial charge in [-0.25, -0.2) is 0 Å². The van der Waals surface area contributed by atoms with E-state index in [1.807, 2.05) is 12.1 Å². The standard InChI is InChI=1S/C23H32N4/c1-4-13-26-23-18(7-6-8-20(23)24)17-11-12-21(27-15(3)5-2)19(14-17)22(25)16-9-10-16/h6-8,11-12,14-16,25-27H,4-5,9-10,13,24H2,1-3H3/t15-/m0/s1. The average molecular weight is 365 g/mol. The van der Waals surface area contributed by atoms with Crippen molar-refractivity contribution in [1.29, 1.82) is 5.41 Å². The van der Waals surface area contributed by atoms with Gasteiger partial charge in [0.2, 0.25) is 0 Å². The zero-order valence-electron chi connectivity index (χ0n) is 16.7. The van der Waals surface area contributed by atoms with E-state index in [1.54, 1.807) is 0 Å². The van der Waals surface area contributed by atoms with Gasteiger partial charge in [-0.3, -0.25) is 0 Å². The molecule has 4 heteroatoms.